The van der Waals surface area contributed by atoms with Crippen LogP contribution < -0.4 is 9.47 Å². The Morgan fingerprint density at radius 3 is 2.59 bits per heavy atom. The number of methoxy groups -OCH3 is 2. The molecule has 4 heteroatoms. The van der Waals surface area contributed by atoms with Crippen LogP contribution in [0.25, 0.3) is 6.08 Å². The molecule has 17 heavy (non-hydrogen) atoms. The number of aldehydes is 1. The lowest BCUT2D eigenvalue weighted by atomic mass is 10.1. The molecule has 0 heterocycles. The Morgan fingerprint density at radius 1 is 1.29 bits per heavy atom. The number of benzene rings is 1. The molecule has 0 amide bonds. The lowest BCUT2D eigenvalue weighted by Gasteiger charge is -2.11. The minimum Gasteiger partial charge on any atom is -0.493 e. The fourth-order valence-electron chi connectivity index (χ4n) is 1.48. The van der Waals surface area contributed by atoms with Crippen LogP contribution in [0.2, 0.25) is 0 Å². The summed E-state index contributed by atoms with van der Waals surface area (Å²) in [7, 11) is 3.11. The van der Waals surface area contributed by atoms with Gasteiger partial charge in [0.2, 0.25) is 0 Å². The standard InChI is InChI=1S/C13H15ClO3/c1-16-12-8-10(9-15)7-11(13(12)17-2)5-3-4-6-14/h3,5,7-9H,4,6H2,1-2H3. The number of hydrogen-bond donors (Lipinski definition) is 0. The number of ether oxygens (including phenoxy) is 2. The maximum atomic E-state index is 10.8. The van der Waals surface area contributed by atoms with Crippen molar-refractivity contribution in [2.75, 3.05) is 20.1 Å². The minimum absolute atomic E-state index is 0.544. The molecular weight excluding hydrogens is 240 g/mol. The molecule has 0 bridgehead atoms. The summed E-state index contributed by atoms with van der Waals surface area (Å²) in [4.78, 5) is 10.8. The second-order valence-corrected chi connectivity index (χ2v) is 3.72. The normalized spacial score (nSPS) is 10.5. The Morgan fingerprint density at radius 2 is 2.06 bits per heavy atom. The van der Waals surface area contributed by atoms with Gasteiger partial charge >= 0.3 is 0 Å². The van der Waals surface area contributed by atoms with E-state index >= 15 is 0 Å². The van der Waals surface area contributed by atoms with Crippen LogP contribution in [-0.4, -0.2) is 26.4 Å². The molecular formula is C13H15ClO3. The summed E-state index contributed by atoms with van der Waals surface area (Å²) in [6.07, 6.45) is 5.34. The average molecular weight is 255 g/mol. The van der Waals surface area contributed by atoms with Crippen molar-refractivity contribution in [1.29, 1.82) is 0 Å². The maximum Gasteiger partial charge on any atom is 0.167 e. The van der Waals surface area contributed by atoms with Crippen LogP contribution in [0, 0.1) is 0 Å². The van der Waals surface area contributed by atoms with E-state index in [1.807, 2.05) is 12.2 Å². The second kappa shape index (κ2) is 6.97. The first-order chi connectivity index (χ1) is 8.26. The SMILES string of the molecule is COc1cc(C=O)cc(C=CCCCl)c1OC. The zero-order valence-electron chi connectivity index (χ0n) is 9.90. The molecule has 0 fully saturated rings. The zero-order valence-corrected chi connectivity index (χ0v) is 10.7. The summed E-state index contributed by atoms with van der Waals surface area (Å²) in [6, 6.07) is 3.39. The molecule has 0 unspecified atom stereocenters. The lowest BCUT2D eigenvalue weighted by molar-refractivity contribution is 0.112. The summed E-state index contributed by atoms with van der Waals surface area (Å²) in [5, 5.41) is 0. The summed E-state index contributed by atoms with van der Waals surface area (Å²) in [6.45, 7) is 0. The van der Waals surface area contributed by atoms with Crippen LogP contribution >= 0.6 is 11.6 Å². The van der Waals surface area contributed by atoms with E-state index in [9.17, 15) is 4.79 Å². The van der Waals surface area contributed by atoms with Gasteiger partial charge in [0, 0.05) is 17.0 Å². The summed E-state index contributed by atoms with van der Waals surface area (Å²) < 4.78 is 10.5. The molecule has 0 aromatic heterocycles. The molecule has 1 rings (SSSR count). The van der Waals surface area contributed by atoms with Crippen molar-refractivity contribution >= 4 is 24.0 Å². The van der Waals surface area contributed by atoms with Crippen molar-refractivity contribution in [1.82, 2.24) is 0 Å². The van der Waals surface area contributed by atoms with Crippen molar-refractivity contribution in [2.45, 2.75) is 6.42 Å². The van der Waals surface area contributed by atoms with Gasteiger partial charge in [-0.2, -0.15) is 0 Å². The van der Waals surface area contributed by atoms with Crippen LogP contribution in [0.15, 0.2) is 18.2 Å². The number of carbonyl (C=O) groups is 1. The van der Waals surface area contributed by atoms with Crippen LogP contribution in [0.3, 0.4) is 0 Å². The minimum atomic E-state index is 0.544. The molecule has 1 aromatic rings. The van der Waals surface area contributed by atoms with Gasteiger partial charge in [-0.3, -0.25) is 4.79 Å². The van der Waals surface area contributed by atoms with Crippen LogP contribution in [0.4, 0.5) is 0 Å². The van der Waals surface area contributed by atoms with Gasteiger partial charge in [0.1, 0.15) is 6.29 Å². The first-order valence-corrected chi connectivity index (χ1v) is 5.74. The van der Waals surface area contributed by atoms with Gasteiger partial charge in [-0.25, -0.2) is 0 Å². The van der Waals surface area contributed by atoms with Gasteiger partial charge in [-0.05, 0) is 18.6 Å². The van der Waals surface area contributed by atoms with Gasteiger partial charge in [0.25, 0.3) is 0 Å². The van der Waals surface area contributed by atoms with Crippen LogP contribution in [0.5, 0.6) is 11.5 Å². The Bertz CT molecular complexity index is 413. The number of halogens is 1. The van der Waals surface area contributed by atoms with E-state index in [4.69, 9.17) is 21.1 Å². The molecule has 0 saturated carbocycles. The molecule has 92 valence electrons. The number of carbonyl (C=O) groups excluding carboxylic acids is 1. The van der Waals surface area contributed by atoms with Crippen LogP contribution in [0.1, 0.15) is 22.3 Å². The smallest absolute Gasteiger partial charge is 0.167 e. The highest BCUT2D eigenvalue weighted by molar-refractivity contribution is 6.17. The van der Waals surface area contributed by atoms with Gasteiger partial charge in [0.15, 0.2) is 11.5 Å². The fourth-order valence-corrected chi connectivity index (χ4v) is 1.61. The van der Waals surface area contributed by atoms with Gasteiger partial charge < -0.3 is 9.47 Å². The van der Waals surface area contributed by atoms with E-state index in [2.05, 4.69) is 0 Å². The Hall–Kier alpha value is -1.48. The van der Waals surface area contributed by atoms with E-state index in [1.54, 1.807) is 26.4 Å². The van der Waals surface area contributed by atoms with E-state index in [0.717, 1.165) is 18.3 Å². The largest absolute Gasteiger partial charge is 0.493 e. The third-order valence-electron chi connectivity index (χ3n) is 2.24. The molecule has 1 aromatic carbocycles. The first kappa shape index (κ1) is 13.6. The number of allylic oxidation sites excluding steroid dienone is 1. The predicted octanol–water partition coefficient (Wildman–Crippen LogP) is 3.16. The first-order valence-electron chi connectivity index (χ1n) is 5.20. The van der Waals surface area contributed by atoms with Crippen molar-refractivity contribution in [3.05, 3.63) is 29.3 Å². The monoisotopic (exact) mass is 254 g/mol. The Kier molecular flexibility index (Phi) is 5.57. The number of rotatable bonds is 6. The third-order valence-corrected chi connectivity index (χ3v) is 2.46. The average Bonchev–Trinajstić information content (AvgIpc) is 2.37. The van der Waals surface area contributed by atoms with E-state index in [1.165, 1.54) is 0 Å². The highest BCUT2D eigenvalue weighted by Gasteiger charge is 2.09. The second-order valence-electron chi connectivity index (χ2n) is 3.34. The maximum absolute atomic E-state index is 10.8. The molecule has 0 aliphatic rings. The van der Waals surface area contributed by atoms with Gasteiger partial charge in [-0.15, -0.1) is 11.6 Å². The number of hydrogen-bond acceptors (Lipinski definition) is 3. The van der Waals surface area contributed by atoms with E-state index < -0.39 is 0 Å². The zero-order chi connectivity index (χ0) is 12.7. The molecule has 3 nitrogen and oxygen atoms in total. The third kappa shape index (κ3) is 3.49. The quantitative estimate of drug-likeness (QED) is 0.578. The van der Waals surface area contributed by atoms with Crippen molar-refractivity contribution in [3.8, 4) is 11.5 Å². The summed E-state index contributed by atoms with van der Waals surface area (Å²) in [5.74, 6) is 1.72. The highest BCUT2D eigenvalue weighted by Crippen LogP contribution is 2.33. The molecule has 0 aliphatic heterocycles. The summed E-state index contributed by atoms with van der Waals surface area (Å²) in [5.41, 5.74) is 1.35. The Labute approximate surface area is 106 Å². The number of alkyl halides is 1. The topological polar surface area (TPSA) is 35.5 Å². The molecule has 0 radical (unpaired) electrons. The fraction of sp³-hybridized carbons (Fsp3) is 0.308. The van der Waals surface area contributed by atoms with Crippen LogP contribution in [-0.2, 0) is 0 Å². The molecule has 0 N–H and O–H groups in total. The van der Waals surface area contributed by atoms with E-state index in [-0.39, 0.29) is 0 Å². The van der Waals surface area contributed by atoms with E-state index in [0.29, 0.717) is 22.9 Å². The Balaban J connectivity index is 3.19. The van der Waals surface area contributed by atoms with Crippen molar-refractivity contribution < 1.29 is 14.3 Å². The summed E-state index contributed by atoms with van der Waals surface area (Å²) >= 11 is 5.60. The van der Waals surface area contributed by atoms with Gasteiger partial charge in [0.05, 0.1) is 14.2 Å². The van der Waals surface area contributed by atoms with Crippen molar-refractivity contribution in [3.63, 3.8) is 0 Å². The molecule has 0 spiro atoms. The highest BCUT2D eigenvalue weighted by atomic mass is 35.5. The molecule has 0 aliphatic carbocycles. The predicted molar refractivity (Wildman–Crippen MR) is 69.3 cm³/mol. The molecule has 0 saturated heterocycles. The molecule has 0 atom stereocenters. The lowest BCUT2D eigenvalue weighted by Crippen LogP contribution is -1.95. The van der Waals surface area contributed by atoms with Crippen molar-refractivity contribution in [2.24, 2.45) is 0 Å². The van der Waals surface area contributed by atoms with Gasteiger partial charge in [-0.1, -0.05) is 12.2 Å².